The number of piperazine rings is 1. The van der Waals surface area contributed by atoms with E-state index in [0.717, 1.165) is 16.5 Å². The summed E-state index contributed by atoms with van der Waals surface area (Å²) in [6.07, 6.45) is 0. The van der Waals surface area contributed by atoms with Crippen molar-refractivity contribution in [3.05, 3.63) is 95.4 Å². The molecule has 0 radical (unpaired) electrons. The lowest BCUT2D eigenvalue weighted by molar-refractivity contribution is 0.0742. The van der Waals surface area contributed by atoms with E-state index in [2.05, 4.69) is 10.3 Å². The molecule has 0 saturated carbocycles. The van der Waals surface area contributed by atoms with Gasteiger partial charge in [0.2, 0.25) is 0 Å². The first-order chi connectivity index (χ1) is 16.5. The molecule has 2 heterocycles. The maximum atomic E-state index is 14.2. The molecule has 172 valence electrons. The van der Waals surface area contributed by atoms with Crippen LogP contribution in [-0.4, -0.2) is 47.9 Å². The Kier molecular flexibility index (Phi) is 5.76. The number of hydrogen-bond acceptors (Lipinski definition) is 3. The minimum Gasteiger partial charge on any atom is -0.366 e. The van der Waals surface area contributed by atoms with E-state index in [1.807, 2.05) is 54.3 Å². The van der Waals surface area contributed by atoms with Crippen LogP contribution in [0.15, 0.2) is 72.8 Å². The molecule has 4 aromatic rings. The smallest absolute Gasteiger partial charge is 0.272 e. The van der Waals surface area contributed by atoms with Crippen LogP contribution in [-0.2, 0) is 0 Å². The van der Waals surface area contributed by atoms with E-state index in [-0.39, 0.29) is 17.6 Å². The number of rotatable bonds is 4. The number of H-pyrrole nitrogens is 1. The third-order valence-corrected chi connectivity index (χ3v) is 6.23. The second-order valence-corrected chi connectivity index (χ2v) is 8.47. The number of fused-ring (bicyclic) bond motifs is 1. The lowest BCUT2D eigenvalue weighted by Crippen LogP contribution is -2.49. The summed E-state index contributed by atoms with van der Waals surface area (Å²) in [5, 5.41) is 3.73. The van der Waals surface area contributed by atoms with Crippen LogP contribution in [0.4, 0.5) is 15.8 Å². The molecule has 2 N–H and O–H groups in total. The topological polar surface area (TPSA) is 68.4 Å². The first kappa shape index (κ1) is 21.7. The average molecular weight is 457 g/mol. The van der Waals surface area contributed by atoms with Crippen molar-refractivity contribution < 1.29 is 14.0 Å². The molecule has 7 heteroatoms. The summed E-state index contributed by atoms with van der Waals surface area (Å²) in [6, 6.07) is 21.5. The second kappa shape index (κ2) is 9.02. The summed E-state index contributed by atoms with van der Waals surface area (Å²) >= 11 is 0. The molecule has 1 aliphatic rings. The van der Waals surface area contributed by atoms with Crippen molar-refractivity contribution in [1.29, 1.82) is 0 Å². The van der Waals surface area contributed by atoms with Crippen LogP contribution < -0.4 is 10.2 Å². The van der Waals surface area contributed by atoms with Crippen molar-refractivity contribution in [3.8, 4) is 0 Å². The SMILES string of the molecule is Cc1ccc(C(=O)Nc2c(C(=O)N3CCN(c4ccccc4F)CC3)[nH]c3ccccc23)cc1. The molecule has 2 amide bonds. The lowest BCUT2D eigenvalue weighted by Gasteiger charge is -2.36. The molecule has 0 unspecified atom stereocenters. The molecular weight excluding hydrogens is 431 g/mol. The predicted molar refractivity (Wildman–Crippen MR) is 132 cm³/mol. The van der Waals surface area contributed by atoms with Crippen molar-refractivity contribution in [2.24, 2.45) is 0 Å². The minimum absolute atomic E-state index is 0.191. The van der Waals surface area contributed by atoms with Crippen molar-refractivity contribution in [3.63, 3.8) is 0 Å². The van der Waals surface area contributed by atoms with Gasteiger partial charge in [0.05, 0.1) is 11.4 Å². The Balaban J connectivity index is 1.39. The number of halogens is 1. The molecule has 5 rings (SSSR count). The summed E-state index contributed by atoms with van der Waals surface area (Å²) < 4.78 is 14.2. The van der Waals surface area contributed by atoms with Gasteiger partial charge in [0, 0.05) is 42.6 Å². The van der Waals surface area contributed by atoms with E-state index in [9.17, 15) is 14.0 Å². The van der Waals surface area contributed by atoms with Crippen LogP contribution in [0.3, 0.4) is 0 Å². The number of aromatic nitrogens is 1. The van der Waals surface area contributed by atoms with Gasteiger partial charge in [-0.2, -0.15) is 0 Å². The highest BCUT2D eigenvalue weighted by Gasteiger charge is 2.28. The number of benzene rings is 3. The number of aryl methyl sites for hydroxylation is 1. The van der Waals surface area contributed by atoms with Gasteiger partial charge in [-0.3, -0.25) is 9.59 Å². The van der Waals surface area contributed by atoms with Gasteiger partial charge in [-0.25, -0.2) is 4.39 Å². The third kappa shape index (κ3) is 4.12. The van der Waals surface area contributed by atoms with Crippen molar-refractivity contribution in [2.45, 2.75) is 6.92 Å². The Labute approximate surface area is 197 Å². The standard InChI is InChI=1S/C27H25FN4O2/c1-18-10-12-19(13-11-18)26(33)30-24-20-6-2-4-8-22(20)29-25(24)27(34)32-16-14-31(15-17-32)23-9-5-3-7-21(23)28/h2-13,29H,14-17H2,1H3,(H,30,33). The summed E-state index contributed by atoms with van der Waals surface area (Å²) in [5.41, 5.74) is 3.73. The molecule has 34 heavy (non-hydrogen) atoms. The second-order valence-electron chi connectivity index (χ2n) is 8.47. The van der Waals surface area contributed by atoms with Gasteiger partial charge in [-0.05, 0) is 37.3 Å². The zero-order valence-electron chi connectivity index (χ0n) is 18.8. The number of carbonyl (C=O) groups is 2. The maximum Gasteiger partial charge on any atom is 0.272 e. The van der Waals surface area contributed by atoms with Crippen LogP contribution in [0.25, 0.3) is 10.9 Å². The molecule has 0 atom stereocenters. The third-order valence-electron chi connectivity index (χ3n) is 6.23. The summed E-state index contributed by atoms with van der Waals surface area (Å²) in [6.45, 7) is 3.92. The van der Waals surface area contributed by atoms with E-state index in [0.29, 0.717) is 48.8 Å². The van der Waals surface area contributed by atoms with Crippen LogP contribution in [0.5, 0.6) is 0 Å². The number of aromatic amines is 1. The first-order valence-electron chi connectivity index (χ1n) is 11.3. The van der Waals surface area contributed by atoms with E-state index in [1.54, 1.807) is 29.2 Å². The highest BCUT2D eigenvalue weighted by atomic mass is 19.1. The number of carbonyl (C=O) groups excluding carboxylic acids is 2. The molecule has 3 aromatic carbocycles. The lowest BCUT2D eigenvalue weighted by atomic mass is 10.1. The highest BCUT2D eigenvalue weighted by molar-refractivity contribution is 6.15. The van der Waals surface area contributed by atoms with Gasteiger partial charge in [0.25, 0.3) is 11.8 Å². The molecule has 0 bridgehead atoms. The Bertz CT molecular complexity index is 1350. The van der Waals surface area contributed by atoms with Crippen molar-refractivity contribution in [2.75, 3.05) is 36.4 Å². The van der Waals surface area contributed by atoms with Gasteiger partial charge < -0.3 is 20.1 Å². The quantitative estimate of drug-likeness (QED) is 0.462. The Morgan fingerprint density at radius 2 is 1.56 bits per heavy atom. The fourth-order valence-corrected chi connectivity index (χ4v) is 4.34. The number of para-hydroxylation sites is 2. The largest absolute Gasteiger partial charge is 0.366 e. The number of nitrogens with one attached hydrogen (secondary N) is 2. The van der Waals surface area contributed by atoms with Gasteiger partial charge in [0.1, 0.15) is 11.5 Å². The predicted octanol–water partition coefficient (Wildman–Crippen LogP) is 4.83. The Hall–Kier alpha value is -4.13. The summed E-state index contributed by atoms with van der Waals surface area (Å²) in [5.74, 6) is -0.731. The van der Waals surface area contributed by atoms with Crippen LogP contribution >= 0.6 is 0 Å². The normalized spacial score (nSPS) is 13.8. The molecule has 1 fully saturated rings. The van der Waals surface area contributed by atoms with Crippen LogP contribution in [0, 0.1) is 12.7 Å². The van der Waals surface area contributed by atoms with E-state index >= 15 is 0 Å². The van der Waals surface area contributed by atoms with Crippen molar-refractivity contribution in [1.82, 2.24) is 9.88 Å². The summed E-state index contributed by atoms with van der Waals surface area (Å²) in [7, 11) is 0. The molecule has 6 nitrogen and oxygen atoms in total. The monoisotopic (exact) mass is 456 g/mol. The minimum atomic E-state index is -0.275. The van der Waals surface area contributed by atoms with Gasteiger partial charge in [-0.1, -0.05) is 48.0 Å². The Morgan fingerprint density at radius 1 is 0.882 bits per heavy atom. The van der Waals surface area contributed by atoms with E-state index < -0.39 is 0 Å². The van der Waals surface area contributed by atoms with Gasteiger partial charge >= 0.3 is 0 Å². The highest BCUT2D eigenvalue weighted by Crippen LogP contribution is 2.30. The van der Waals surface area contributed by atoms with Gasteiger partial charge in [0.15, 0.2) is 0 Å². The zero-order chi connectivity index (χ0) is 23.7. The number of nitrogens with zero attached hydrogens (tertiary/aromatic N) is 2. The number of amides is 2. The molecule has 1 aromatic heterocycles. The molecular formula is C27H25FN4O2. The van der Waals surface area contributed by atoms with Crippen molar-refractivity contribution >= 4 is 34.1 Å². The molecule has 0 aliphatic carbocycles. The van der Waals surface area contributed by atoms with E-state index in [4.69, 9.17) is 0 Å². The first-order valence-corrected chi connectivity index (χ1v) is 11.3. The Morgan fingerprint density at radius 3 is 2.29 bits per heavy atom. The van der Waals surface area contributed by atoms with Crippen LogP contribution in [0.2, 0.25) is 0 Å². The van der Waals surface area contributed by atoms with E-state index in [1.165, 1.54) is 6.07 Å². The summed E-state index contributed by atoms with van der Waals surface area (Å²) in [4.78, 5) is 33.4. The molecule has 1 saturated heterocycles. The average Bonchev–Trinajstić information content (AvgIpc) is 3.23. The molecule has 1 aliphatic heterocycles. The fraction of sp³-hybridized carbons (Fsp3) is 0.185. The van der Waals surface area contributed by atoms with Crippen LogP contribution in [0.1, 0.15) is 26.4 Å². The molecule has 0 spiro atoms. The fourth-order valence-electron chi connectivity index (χ4n) is 4.34. The number of hydrogen-bond donors (Lipinski definition) is 2. The van der Waals surface area contributed by atoms with Gasteiger partial charge in [-0.15, -0.1) is 0 Å². The maximum absolute atomic E-state index is 14.2. The number of anilines is 2. The zero-order valence-corrected chi connectivity index (χ0v) is 18.8.